The molecule has 2 unspecified atom stereocenters. The molecule has 1 aliphatic carbocycles. The third-order valence-electron chi connectivity index (χ3n) is 6.64. The minimum atomic E-state index is -0.721. The van der Waals surface area contributed by atoms with E-state index in [0.717, 1.165) is 48.2 Å². The van der Waals surface area contributed by atoms with Crippen molar-refractivity contribution in [2.75, 3.05) is 10.6 Å². The number of hydrogen-bond acceptors (Lipinski definition) is 6. The lowest BCUT2D eigenvalue weighted by Gasteiger charge is -2.41. The average molecular weight is 471 g/mol. The molecule has 2 aromatic carbocycles. The van der Waals surface area contributed by atoms with E-state index >= 15 is 0 Å². The number of halogens is 2. The maximum atomic E-state index is 6.78. The summed E-state index contributed by atoms with van der Waals surface area (Å²) in [5.74, 6) is 0. The van der Waals surface area contributed by atoms with Crippen LogP contribution in [0, 0.1) is 0 Å². The number of anilines is 2. The fourth-order valence-electron chi connectivity index (χ4n) is 5.01. The number of nitrogens with one attached hydrogen (secondary N) is 4. The van der Waals surface area contributed by atoms with Gasteiger partial charge in [-0.25, -0.2) is 0 Å². The van der Waals surface area contributed by atoms with Crippen LogP contribution in [0.1, 0.15) is 36.8 Å². The normalized spacial score (nSPS) is 30.8. The summed E-state index contributed by atoms with van der Waals surface area (Å²) in [6.45, 7) is 0. The minimum absolute atomic E-state index is 0.313. The Morgan fingerprint density at radius 3 is 1.53 bits per heavy atom. The summed E-state index contributed by atoms with van der Waals surface area (Å²) in [6.07, 6.45) is 11.7. The molecule has 0 amide bonds. The lowest BCUT2D eigenvalue weighted by atomic mass is 9.86. The first-order chi connectivity index (χ1) is 15.3. The molecular formula is C24H28Cl2N6. The molecule has 8 N–H and O–H groups in total. The molecule has 5 rings (SSSR count). The van der Waals surface area contributed by atoms with Gasteiger partial charge in [-0.15, -0.1) is 0 Å². The van der Waals surface area contributed by atoms with E-state index in [9.17, 15) is 0 Å². The molecular weight excluding hydrogens is 443 g/mol. The van der Waals surface area contributed by atoms with Crippen LogP contribution in [0.4, 0.5) is 11.4 Å². The molecule has 3 aliphatic rings. The molecule has 6 nitrogen and oxygen atoms in total. The van der Waals surface area contributed by atoms with E-state index in [1.807, 2.05) is 61.0 Å². The Hall–Kier alpha value is -2.06. The van der Waals surface area contributed by atoms with Crippen molar-refractivity contribution in [1.29, 1.82) is 0 Å². The molecule has 2 heterocycles. The summed E-state index contributed by atoms with van der Waals surface area (Å²) in [7, 11) is 0. The van der Waals surface area contributed by atoms with Crippen molar-refractivity contribution >= 4 is 34.6 Å². The Balaban J connectivity index is 1.24. The third-order valence-corrected chi connectivity index (χ3v) is 7.11. The molecule has 2 aromatic rings. The van der Waals surface area contributed by atoms with E-state index in [2.05, 4.69) is 21.3 Å². The van der Waals surface area contributed by atoms with E-state index in [1.165, 1.54) is 0 Å². The van der Waals surface area contributed by atoms with Crippen LogP contribution in [0.25, 0.3) is 0 Å². The Kier molecular flexibility index (Phi) is 5.70. The van der Waals surface area contributed by atoms with Gasteiger partial charge in [-0.1, -0.05) is 35.3 Å². The maximum Gasteiger partial charge on any atom is 0.116 e. The molecule has 0 bridgehead atoms. The van der Waals surface area contributed by atoms with Gasteiger partial charge < -0.3 is 22.1 Å². The van der Waals surface area contributed by atoms with Crippen LogP contribution in [-0.4, -0.2) is 12.1 Å². The summed E-state index contributed by atoms with van der Waals surface area (Å²) in [5, 5.41) is 15.2. The van der Waals surface area contributed by atoms with Crippen LogP contribution in [0.15, 0.2) is 61.0 Å². The predicted molar refractivity (Wildman–Crippen MR) is 132 cm³/mol. The van der Waals surface area contributed by atoms with E-state index < -0.39 is 11.3 Å². The number of fused-ring (bicyclic) bond motifs is 2. The van der Waals surface area contributed by atoms with Gasteiger partial charge in [-0.3, -0.25) is 10.6 Å². The highest BCUT2D eigenvalue weighted by Crippen LogP contribution is 2.35. The minimum Gasteiger partial charge on any atom is -0.361 e. The van der Waals surface area contributed by atoms with Crippen molar-refractivity contribution in [3.63, 3.8) is 0 Å². The van der Waals surface area contributed by atoms with E-state index in [4.69, 9.17) is 34.7 Å². The van der Waals surface area contributed by atoms with Gasteiger partial charge in [0.1, 0.15) is 11.3 Å². The molecule has 32 heavy (non-hydrogen) atoms. The summed E-state index contributed by atoms with van der Waals surface area (Å²) in [5.41, 5.74) is 16.0. The van der Waals surface area contributed by atoms with Gasteiger partial charge in [0.15, 0.2) is 0 Å². The van der Waals surface area contributed by atoms with Crippen molar-refractivity contribution in [3.05, 3.63) is 82.1 Å². The first-order valence-corrected chi connectivity index (χ1v) is 11.7. The van der Waals surface area contributed by atoms with E-state index in [-0.39, 0.29) is 0 Å². The highest BCUT2D eigenvalue weighted by Gasteiger charge is 2.36. The van der Waals surface area contributed by atoms with Gasteiger partial charge >= 0.3 is 0 Å². The Labute approximate surface area is 198 Å². The molecule has 168 valence electrons. The standard InChI is InChI=1S/C24H28Cl2N6/c25-15-1-7-19-21(13-15)29-11-9-23(19,27)31-17-3-5-18(6-4-17)32-24(28)10-12-30-22-14-16(26)2-8-20(22)24/h1-2,7-14,17-18,29-32H,3-6,27-28H2. The topological polar surface area (TPSA) is 100 Å². The number of hydrogen-bond donors (Lipinski definition) is 6. The summed E-state index contributed by atoms with van der Waals surface area (Å²) in [6, 6.07) is 12.2. The quantitative estimate of drug-likeness (QED) is 0.373. The second-order valence-corrected chi connectivity index (χ2v) is 9.78. The van der Waals surface area contributed by atoms with Gasteiger partial charge in [0.05, 0.1) is 0 Å². The van der Waals surface area contributed by atoms with Crippen LogP contribution in [0.3, 0.4) is 0 Å². The SMILES string of the molecule is NC1(NC2CCC(NC3(N)C=CNc4cc(Cl)ccc43)CC2)C=CNc2cc(Cl)ccc21. The molecule has 0 radical (unpaired) electrons. The smallest absolute Gasteiger partial charge is 0.116 e. The highest BCUT2D eigenvalue weighted by atomic mass is 35.5. The Morgan fingerprint density at radius 2 is 1.12 bits per heavy atom. The summed E-state index contributed by atoms with van der Waals surface area (Å²) < 4.78 is 0. The van der Waals surface area contributed by atoms with Crippen molar-refractivity contribution < 1.29 is 0 Å². The molecule has 1 fully saturated rings. The van der Waals surface area contributed by atoms with Gasteiger partial charge in [0.2, 0.25) is 0 Å². The van der Waals surface area contributed by atoms with Crippen LogP contribution >= 0.6 is 23.2 Å². The molecule has 8 heteroatoms. The first kappa shape index (κ1) is 21.8. The fraction of sp³-hybridized carbons (Fsp3) is 0.333. The van der Waals surface area contributed by atoms with E-state index in [0.29, 0.717) is 22.1 Å². The zero-order chi connectivity index (χ0) is 22.3. The number of benzene rings is 2. The summed E-state index contributed by atoms with van der Waals surface area (Å²) in [4.78, 5) is 0. The second kappa shape index (κ2) is 8.37. The van der Waals surface area contributed by atoms with Crippen LogP contribution in [-0.2, 0) is 11.3 Å². The Bertz CT molecular complexity index is 993. The van der Waals surface area contributed by atoms with Crippen molar-refractivity contribution in [2.24, 2.45) is 11.5 Å². The Morgan fingerprint density at radius 1 is 0.719 bits per heavy atom. The first-order valence-electron chi connectivity index (χ1n) is 11.0. The number of rotatable bonds is 4. The number of nitrogens with two attached hydrogens (primary N) is 2. The molecule has 1 saturated carbocycles. The lowest BCUT2D eigenvalue weighted by molar-refractivity contribution is 0.235. The summed E-state index contributed by atoms with van der Waals surface area (Å²) >= 11 is 12.3. The molecule has 0 saturated heterocycles. The van der Waals surface area contributed by atoms with Crippen molar-refractivity contribution in [3.8, 4) is 0 Å². The molecule has 2 aliphatic heterocycles. The van der Waals surface area contributed by atoms with Crippen LogP contribution < -0.4 is 32.7 Å². The van der Waals surface area contributed by atoms with Gasteiger partial charge in [0.25, 0.3) is 0 Å². The van der Waals surface area contributed by atoms with E-state index in [1.54, 1.807) is 0 Å². The van der Waals surface area contributed by atoms with Gasteiger partial charge in [-0.05, 0) is 62.1 Å². The monoisotopic (exact) mass is 470 g/mol. The maximum absolute atomic E-state index is 6.78. The molecule has 0 spiro atoms. The fourth-order valence-corrected chi connectivity index (χ4v) is 5.35. The average Bonchev–Trinajstić information content (AvgIpc) is 2.75. The third kappa shape index (κ3) is 4.15. The zero-order valence-corrected chi connectivity index (χ0v) is 19.2. The second-order valence-electron chi connectivity index (χ2n) is 8.91. The van der Waals surface area contributed by atoms with Crippen molar-refractivity contribution in [1.82, 2.24) is 10.6 Å². The highest BCUT2D eigenvalue weighted by molar-refractivity contribution is 6.31. The molecule has 2 atom stereocenters. The van der Waals surface area contributed by atoms with Crippen LogP contribution in [0.5, 0.6) is 0 Å². The van der Waals surface area contributed by atoms with Gasteiger partial charge in [0, 0.05) is 57.0 Å². The largest absolute Gasteiger partial charge is 0.361 e. The van der Waals surface area contributed by atoms with Crippen LogP contribution in [0.2, 0.25) is 10.0 Å². The van der Waals surface area contributed by atoms with Gasteiger partial charge in [-0.2, -0.15) is 0 Å². The zero-order valence-electron chi connectivity index (χ0n) is 17.7. The van der Waals surface area contributed by atoms with Crippen molar-refractivity contribution in [2.45, 2.75) is 49.1 Å². The molecule has 0 aromatic heterocycles. The lowest BCUT2D eigenvalue weighted by Crippen LogP contribution is -2.58. The predicted octanol–water partition coefficient (Wildman–Crippen LogP) is 4.29.